The number of carbonyl (C=O) groups is 1. The van der Waals surface area contributed by atoms with Crippen molar-refractivity contribution in [2.45, 2.75) is 65.0 Å². The van der Waals surface area contributed by atoms with E-state index in [2.05, 4.69) is 6.92 Å². The lowest BCUT2D eigenvalue weighted by Gasteiger charge is -2.38. The SMILES string of the molecule is CCCOCC1CC(CC)(C2(C)OCC(C)O2)C(=O)O1. The maximum atomic E-state index is 12.4. The molecule has 2 aliphatic rings. The van der Waals surface area contributed by atoms with E-state index in [9.17, 15) is 4.79 Å². The Balaban J connectivity index is 2.09. The number of hydrogen-bond donors (Lipinski definition) is 0. The topological polar surface area (TPSA) is 54.0 Å². The van der Waals surface area contributed by atoms with Crippen LogP contribution in [0, 0.1) is 5.41 Å². The minimum atomic E-state index is -0.891. The molecule has 0 bridgehead atoms. The van der Waals surface area contributed by atoms with Crippen molar-refractivity contribution in [3.8, 4) is 0 Å². The fraction of sp³-hybridized carbons (Fsp3) is 0.933. The zero-order valence-electron chi connectivity index (χ0n) is 12.9. The fourth-order valence-electron chi connectivity index (χ4n) is 3.19. The lowest BCUT2D eigenvalue weighted by molar-refractivity contribution is -0.230. The van der Waals surface area contributed by atoms with Crippen molar-refractivity contribution < 1.29 is 23.7 Å². The molecule has 5 heteroatoms. The third kappa shape index (κ3) is 2.59. The van der Waals surface area contributed by atoms with Gasteiger partial charge in [-0.25, -0.2) is 0 Å². The Labute approximate surface area is 120 Å². The van der Waals surface area contributed by atoms with E-state index in [4.69, 9.17) is 18.9 Å². The van der Waals surface area contributed by atoms with Gasteiger partial charge in [-0.3, -0.25) is 4.79 Å². The van der Waals surface area contributed by atoms with E-state index in [-0.39, 0.29) is 18.2 Å². The first-order valence-electron chi connectivity index (χ1n) is 7.58. The van der Waals surface area contributed by atoms with Crippen molar-refractivity contribution in [3.63, 3.8) is 0 Å². The van der Waals surface area contributed by atoms with E-state index in [0.717, 1.165) is 6.42 Å². The third-order valence-electron chi connectivity index (χ3n) is 4.39. The van der Waals surface area contributed by atoms with Crippen molar-refractivity contribution in [2.24, 2.45) is 5.41 Å². The first-order chi connectivity index (χ1) is 9.47. The van der Waals surface area contributed by atoms with E-state index in [1.807, 2.05) is 20.8 Å². The number of cyclic esters (lactones) is 1. The van der Waals surface area contributed by atoms with Crippen LogP contribution >= 0.6 is 0 Å². The lowest BCUT2D eigenvalue weighted by Crippen LogP contribution is -2.50. The van der Waals surface area contributed by atoms with Crippen LogP contribution in [0.15, 0.2) is 0 Å². The summed E-state index contributed by atoms with van der Waals surface area (Å²) in [5.41, 5.74) is -0.724. The highest BCUT2D eigenvalue weighted by Crippen LogP contribution is 2.50. The van der Waals surface area contributed by atoms with Crippen LogP contribution in [-0.2, 0) is 23.7 Å². The second-order valence-corrected chi connectivity index (χ2v) is 5.93. The molecule has 5 nitrogen and oxygen atoms in total. The Hall–Kier alpha value is -0.650. The molecule has 2 heterocycles. The molecule has 0 aromatic carbocycles. The highest BCUT2D eigenvalue weighted by molar-refractivity contribution is 5.80. The summed E-state index contributed by atoms with van der Waals surface area (Å²) in [6.07, 6.45) is 2.00. The average Bonchev–Trinajstić information content (AvgIpc) is 2.92. The van der Waals surface area contributed by atoms with Gasteiger partial charge in [0.2, 0.25) is 0 Å². The predicted octanol–water partition coefficient (Wildman–Crippen LogP) is 2.28. The molecule has 20 heavy (non-hydrogen) atoms. The van der Waals surface area contributed by atoms with Gasteiger partial charge in [-0.2, -0.15) is 0 Å². The van der Waals surface area contributed by atoms with Crippen LogP contribution in [0.5, 0.6) is 0 Å². The van der Waals surface area contributed by atoms with Crippen molar-refractivity contribution in [3.05, 3.63) is 0 Å². The third-order valence-corrected chi connectivity index (χ3v) is 4.39. The van der Waals surface area contributed by atoms with Gasteiger partial charge in [-0.05, 0) is 26.7 Å². The molecular formula is C15H26O5. The molecule has 0 N–H and O–H groups in total. The van der Waals surface area contributed by atoms with Gasteiger partial charge in [0.05, 0.1) is 19.3 Å². The van der Waals surface area contributed by atoms with Gasteiger partial charge in [-0.1, -0.05) is 13.8 Å². The molecule has 2 saturated heterocycles. The summed E-state index contributed by atoms with van der Waals surface area (Å²) in [6.45, 7) is 9.51. The summed E-state index contributed by atoms with van der Waals surface area (Å²) >= 11 is 0. The quantitative estimate of drug-likeness (QED) is 0.554. The molecule has 116 valence electrons. The smallest absolute Gasteiger partial charge is 0.318 e. The van der Waals surface area contributed by atoms with Crippen LogP contribution in [0.2, 0.25) is 0 Å². The number of rotatable bonds is 6. The molecule has 0 saturated carbocycles. The fourth-order valence-corrected chi connectivity index (χ4v) is 3.19. The summed E-state index contributed by atoms with van der Waals surface area (Å²) in [7, 11) is 0. The molecule has 0 aliphatic carbocycles. The van der Waals surface area contributed by atoms with Crippen LogP contribution < -0.4 is 0 Å². The van der Waals surface area contributed by atoms with Crippen LogP contribution in [0.4, 0.5) is 0 Å². The molecule has 4 atom stereocenters. The molecule has 0 aromatic heterocycles. The van der Waals surface area contributed by atoms with E-state index in [1.165, 1.54) is 0 Å². The lowest BCUT2D eigenvalue weighted by atomic mass is 9.75. The average molecular weight is 286 g/mol. The molecule has 0 spiro atoms. The maximum Gasteiger partial charge on any atom is 0.318 e. The molecule has 4 unspecified atom stereocenters. The van der Waals surface area contributed by atoms with Crippen molar-refractivity contribution in [1.82, 2.24) is 0 Å². The molecule has 2 fully saturated rings. The number of carbonyl (C=O) groups excluding carboxylic acids is 1. The standard InChI is InChI=1S/C15H26O5/c1-5-7-17-10-12-8-15(6-2,13(16)19-12)14(4)18-9-11(3)20-14/h11-12H,5-10H2,1-4H3. The van der Waals surface area contributed by atoms with Gasteiger partial charge >= 0.3 is 5.97 Å². The van der Waals surface area contributed by atoms with E-state index in [1.54, 1.807) is 0 Å². The van der Waals surface area contributed by atoms with E-state index in [0.29, 0.717) is 32.7 Å². The molecule has 0 aromatic rings. The minimum Gasteiger partial charge on any atom is -0.459 e. The van der Waals surface area contributed by atoms with Gasteiger partial charge in [0.1, 0.15) is 11.5 Å². The second-order valence-electron chi connectivity index (χ2n) is 5.93. The van der Waals surface area contributed by atoms with E-state index >= 15 is 0 Å². The van der Waals surface area contributed by atoms with Gasteiger partial charge in [0.15, 0.2) is 5.79 Å². The predicted molar refractivity (Wildman–Crippen MR) is 73.2 cm³/mol. The maximum absolute atomic E-state index is 12.4. The first-order valence-corrected chi connectivity index (χ1v) is 7.58. The number of ether oxygens (including phenoxy) is 4. The summed E-state index contributed by atoms with van der Waals surface area (Å²) < 4.78 is 22.7. The minimum absolute atomic E-state index is 0.00613. The van der Waals surface area contributed by atoms with E-state index < -0.39 is 11.2 Å². The molecule has 0 amide bonds. The second kappa shape index (κ2) is 6.00. The Bertz CT molecular complexity index is 358. The van der Waals surface area contributed by atoms with Crippen LogP contribution in [0.3, 0.4) is 0 Å². The van der Waals surface area contributed by atoms with Crippen LogP contribution in [-0.4, -0.2) is 43.8 Å². The molecule has 2 rings (SSSR count). The highest BCUT2D eigenvalue weighted by atomic mass is 16.7. The zero-order valence-corrected chi connectivity index (χ0v) is 12.9. The normalized spacial score (nSPS) is 41.1. The summed E-state index contributed by atoms with van der Waals surface area (Å²) in [6, 6.07) is 0. The van der Waals surface area contributed by atoms with Gasteiger partial charge in [-0.15, -0.1) is 0 Å². The number of hydrogen-bond acceptors (Lipinski definition) is 5. The Morgan fingerprint density at radius 3 is 2.70 bits per heavy atom. The Morgan fingerprint density at radius 1 is 1.40 bits per heavy atom. The van der Waals surface area contributed by atoms with Gasteiger partial charge in [0, 0.05) is 13.0 Å². The largest absolute Gasteiger partial charge is 0.459 e. The van der Waals surface area contributed by atoms with Crippen LogP contribution in [0.1, 0.15) is 47.0 Å². The Morgan fingerprint density at radius 2 is 2.15 bits per heavy atom. The Kier molecular flexibility index (Phi) is 4.72. The zero-order chi connectivity index (χ0) is 14.8. The molecule has 2 aliphatic heterocycles. The van der Waals surface area contributed by atoms with Gasteiger partial charge < -0.3 is 18.9 Å². The van der Waals surface area contributed by atoms with Crippen molar-refractivity contribution in [2.75, 3.05) is 19.8 Å². The van der Waals surface area contributed by atoms with Crippen molar-refractivity contribution in [1.29, 1.82) is 0 Å². The monoisotopic (exact) mass is 286 g/mol. The summed E-state index contributed by atoms with van der Waals surface area (Å²) in [5.74, 6) is -1.11. The summed E-state index contributed by atoms with van der Waals surface area (Å²) in [5, 5.41) is 0. The molecule has 0 radical (unpaired) electrons. The van der Waals surface area contributed by atoms with Gasteiger partial charge in [0.25, 0.3) is 0 Å². The van der Waals surface area contributed by atoms with Crippen LogP contribution in [0.25, 0.3) is 0 Å². The molecular weight excluding hydrogens is 260 g/mol. The van der Waals surface area contributed by atoms with Crippen molar-refractivity contribution >= 4 is 5.97 Å². The highest BCUT2D eigenvalue weighted by Gasteiger charge is 2.63. The summed E-state index contributed by atoms with van der Waals surface area (Å²) in [4.78, 5) is 12.4. The first kappa shape index (κ1) is 15.7. The number of esters is 1.